The predicted octanol–water partition coefficient (Wildman–Crippen LogP) is 5.26. The number of pyridine rings is 1. The highest BCUT2D eigenvalue weighted by molar-refractivity contribution is 6.30. The van der Waals surface area contributed by atoms with Gasteiger partial charge in [0.25, 0.3) is 0 Å². The number of rotatable bonds is 2. The molecule has 0 atom stereocenters. The van der Waals surface area contributed by atoms with Gasteiger partial charge in [-0.3, -0.25) is 4.90 Å². The number of hydrogen-bond acceptors (Lipinski definition) is 3. The lowest BCUT2D eigenvalue weighted by Gasteiger charge is -2.29. The van der Waals surface area contributed by atoms with E-state index in [9.17, 15) is 13.2 Å². The van der Waals surface area contributed by atoms with Gasteiger partial charge >= 0.3 is 6.18 Å². The Hall–Kier alpha value is -2.31. The second-order valence-electron chi connectivity index (χ2n) is 6.21. The molecule has 0 saturated heterocycles. The Morgan fingerprint density at radius 2 is 1.77 bits per heavy atom. The average molecular weight is 379 g/mol. The molecule has 1 aliphatic rings. The van der Waals surface area contributed by atoms with Crippen molar-refractivity contribution < 1.29 is 17.9 Å². The van der Waals surface area contributed by atoms with Gasteiger partial charge in [-0.05, 0) is 23.8 Å². The number of nitrogens with zero attached hydrogens (tertiary/aromatic N) is 2. The van der Waals surface area contributed by atoms with Gasteiger partial charge < -0.3 is 4.74 Å². The Morgan fingerprint density at radius 3 is 2.50 bits per heavy atom. The van der Waals surface area contributed by atoms with Crippen molar-refractivity contribution in [2.45, 2.75) is 19.3 Å². The first-order valence-electron chi connectivity index (χ1n) is 7.99. The van der Waals surface area contributed by atoms with Crippen LogP contribution in [-0.4, -0.2) is 16.6 Å². The van der Waals surface area contributed by atoms with E-state index in [1.165, 1.54) is 6.07 Å². The van der Waals surface area contributed by atoms with Gasteiger partial charge in [-0.15, -0.1) is 0 Å². The van der Waals surface area contributed by atoms with Crippen molar-refractivity contribution in [3.63, 3.8) is 0 Å². The molecule has 0 fully saturated rings. The SMILES string of the molecule is FC(F)(F)c1ccc2ccc3c(c2n1)OCN(Cc1ccc(Cl)cc1)C3. The molecule has 1 aromatic heterocycles. The molecule has 26 heavy (non-hydrogen) atoms. The second-order valence-corrected chi connectivity index (χ2v) is 6.64. The van der Waals surface area contributed by atoms with Crippen molar-refractivity contribution in [2.75, 3.05) is 6.73 Å². The summed E-state index contributed by atoms with van der Waals surface area (Å²) in [6, 6.07) is 13.6. The van der Waals surface area contributed by atoms with Crippen molar-refractivity contribution in [3.8, 4) is 5.75 Å². The maximum Gasteiger partial charge on any atom is 0.433 e. The Labute approximate surface area is 153 Å². The van der Waals surface area contributed by atoms with Gasteiger partial charge in [-0.2, -0.15) is 13.2 Å². The van der Waals surface area contributed by atoms with Crippen LogP contribution in [0.25, 0.3) is 10.9 Å². The largest absolute Gasteiger partial charge is 0.475 e. The monoisotopic (exact) mass is 378 g/mol. The molecule has 3 aromatic rings. The molecule has 0 saturated carbocycles. The third-order valence-corrected chi connectivity index (χ3v) is 4.54. The Balaban J connectivity index is 1.63. The van der Waals surface area contributed by atoms with Crippen LogP contribution in [0.1, 0.15) is 16.8 Å². The lowest BCUT2D eigenvalue weighted by atomic mass is 10.1. The van der Waals surface area contributed by atoms with E-state index in [1.54, 1.807) is 6.07 Å². The first-order chi connectivity index (χ1) is 12.4. The summed E-state index contributed by atoms with van der Waals surface area (Å²) in [5, 5.41) is 1.30. The van der Waals surface area contributed by atoms with Crippen LogP contribution < -0.4 is 4.74 Å². The molecule has 0 unspecified atom stereocenters. The van der Waals surface area contributed by atoms with Gasteiger partial charge in [0.2, 0.25) is 0 Å². The number of alkyl halides is 3. The van der Waals surface area contributed by atoms with E-state index < -0.39 is 11.9 Å². The summed E-state index contributed by atoms with van der Waals surface area (Å²) in [6.07, 6.45) is -4.48. The topological polar surface area (TPSA) is 25.4 Å². The van der Waals surface area contributed by atoms with E-state index in [0.29, 0.717) is 29.2 Å². The van der Waals surface area contributed by atoms with Crippen LogP contribution in [0.15, 0.2) is 48.5 Å². The molecule has 4 rings (SSSR count). The molecular weight excluding hydrogens is 365 g/mol. The van der Waals surface area contributed by atoms with Crippen LogP contribution >= 0.6 is 11.6 Å². The third kappa shape index (κ3) is 3.34. The van der Waals surface area contributed by atoms with Crippen molar-refractivity contribution >= 4 is 22.5 Å². The number of ether oxygens (including phenoxy) is 1. The minimum Gasteiger partial charge on any atom is -0.475 e. The fourth-order valence-corrected chi connectivity index (χ4v) is 3.17. The van der Waals surface area contributed by atoms with Gasteiger partial charge in [-0.1, -0.05) is 41.9 Å². The van der Waals surface area contributed by atoms with E-state index >= 15 is 0 Å². The predicted molar refractivity (Wildman–Crippen MR) is 92.9 cm³/mol. The Bertz CT molecular complexity index is 957. The second kappa shape index (κ2) is 6.45. The zero-order valence-electron chi connectivity index (χ0n) is 13.6. The van der Waals surface area contributed by atoms with Crippen LogP contribution in [0.3, 0.4) is 0 Å². The minimum atomic E-state index is -4.48. The number of aromatic nitrogens is 1. The van der Waals surface area contributed by atoms with Crippen LogP contribution in [-0.2, 0) is 19.3 Å². The third-order valence-electron chi connectivity index (χ3n) is 4.29. The van der Waals surface area contributed by atoms with E-state index in [2.05, 4.69) is 9.88 Å². The molecule has 2 heterocycles. The Kier molecular flexibility index (Phi) is 4.25. The first kappa shape index (κ1) is 17.1. The summed E-state index contributed by atoms with van der Waals surface area (Å²) in [5.74, 6) is 0.431. The highest BCUT2D eigenvalue weighted by Crippen LogP contribution is 2.35. The molecule has 1 aliphatic heterocycles. The molecule has 0 N–H and O–H groups in total. The highest BCUT2D eigenvalue weighted by atomic mass is 35.5. The molecule has 134 valence electrons. The lowest BCUT2D eigenvalue weighted by Crippen LogP contribution is -2.31. The molecule has 3 nitrogen and oxygen atoms in total. The van der Waals surface area contributed by atoms with Gasteiger partial charge in [0.15, 0.2) is 5.75 Å². The number of benzene rings is 2. The van der Waals surface area contributed by atoms with Crippen LogP contribution in [0, 0.1) is 0 Å². The van der Waals surface area contributed by atoms with Crippen molar-refractivity contribution in [3.05, 3.63) is 70.4 Å². The van der Waals surface area contributed by atoms with E-state index in [-0.39, 0.29) is 12.2 Å². The smallest absolute Gasteiger partial charge is 0.433 e. The minimum absolute atomic E-state index is 0.253. The lowest BCUT2D eigenvalue weighted by molar-refractivity contribution is -0.140. The molecular formula is C19H14ClF3N2O. The summed E-state index contributed by atoms with van der Waals surface area (Å²) < 4.78 is 44.7. The number of hydrogen-bond donors (Lipinski definition) is 0. The maximum atomic E-state index is 13.0. The summed E-state index contributed by atoms with van der Waals surface area (Å²) >= 11 is 5.90. The summed E-state index contributed by atoms with van der Waals surface area (Å²) in [4.78, 5) is 5.86. The first-order valence-corrected chi connectivity index (χ1v) is 8.37. The fraction of sp³-hybridized carbons (Fsp3) is 0.211. The number of fused-ring (bicyclic) bond motifs is 3. The average Bonchev–Trinajstić information content (AvgIpc) is 2.62. The van der Waals surface area contributed by atoms with E-state index in [0.717, 1.165) is 17.2 Å². The van der Waals surface area contributed by atoms with Crippen molar-refractivity contribution in [1.29, 1.82) is 0 Å². The quantitative estimate of drug-likeness (QED) is 0.608. The summed E-state index contributed by atoms with van der Waals surface area (Å²) in [7, 11) is 0. The van der Waals surface area contributed by atoms with Gasteiger partial charge in [0.05, 0.1) is 0 Å². The molecule has 0 amide bonds. The number of halogens is 4. The highest BCUT2D eigenvalue weighted by Gasteiger charge is 2.33. The normalized spacial score (nSPS) is 14.9. The summed E-state index contributed by atoms with van der Waals surface area (Å²) in [5.41, 5.74) is 1.25. The Morgan fingerprint density at radius 1 is 1.04 bits per heavy atom. The molecule has 0 radical (unpaired) electrons. The molecule has 0 aliphatic carbocycles. The van der Waals surface area contributed by atoms with E-state index in [1.807, 2.05) is 30.3 Å². The zero-order chi connectivity index (χ0) is 18.3. The van der Waals surface area contributed by atoms with Crippen LogP contribution in [0.4, 0.5) is 13.2 Å². The summed E-state index contributed by atoms with van der Waals surface area (Å²) in [6.45, 7) is 1.52. The van der Waals surface area contributed by atoms with E-state index in [4.69, 9.17) is 16.3 Å². The molecule has 0 bridgehead atoms. The zero-order valence-corrected chi connectivity index (χ0v) is 14.3. The van der Waals surface area contributed by atoms with Crippen molar-refractivity contribution in [1.82, 2.24) is 9.88 Å². The van der Waals surface area contributed by atoms with Gasteiger partial charge in [0.1, 0.15) is 17.9 Å². The molecule has 7 heteroatoms. The van der Waals surface area contributed by atoms with Crippen molar-refractivity contribution in [2.24, 2.45) is 0 Å². The molecule has 0 spiro atoms. The van der Waals surface area contributed by atoms with Gasteiger partial charge in [-0.25, -0.2) is 4.98 Å². The fourth-order valence-electron chi connectivity index (χ4n) is 3.04. The van der Waals surface area contributed by atoms with Crippen LogP contribution in [0.5, 0.6) is 5.75 Å². The maximum absolute atomic E-state index is 13.0. The van der Waals surface area contributed by atoms with Gasteiger partial charge in [0, 0.05) is 29.1 Å². The molecule has 2 aromatic carbocycles. The van der Waals surface area contributed by atoms with Crippen LogP contribution in [0.2, 0.25) is 5.02 Å². The standard InChI is InChI=1S/C19H14ClF3N2O/c20-15-6-1-12(2-7-15)9-25-10-14-4-3-13-5-8-16(19(21,22)23)24-17(13)18(14)26-11-25/h1-8H,9-11H2.